The van der Waals surface area contributed by atoms with Crippen LogP contribution in [0.3, 0.4) is 0 Å². The van der Waals surface area contributed by atoms with Crippen LogP contribution in [0.5, 0.6) is 0 Å². The Balaban J connectivity index is 1.47. The number of thioether (sulfide) groups is 1. The highest BCUT2D eigenvalue weighted by atomic mass is 35.5. The average molecular weight is 416 g/mol. The molecule has 28 heavy (non-hydrogen) atoms. The molecule has 0 spiro atoms. The minimum absolute atomic E-state index is 0.0475. The molecule has 6 nitrogen and oxygen atoms in total. The average Bonchev–Trinajstić information content (AvgIpc) is 3.26. The number of urea groups is 1. The highest BCUT2D eigenvalue weighted by Crippen LogP contribution is 2.21. The third-order valence-electron chi connectivity index (χ3n) is 4.42. The summed E-state index contributed by atoms with van der Waals surface area (Å²) in [5, 5.41) is 7.81. The van der Waals surface area contributed by atoms with Crippen molar-refractivity contribution in [2.75, 3.05) is 19.3 Å². The molecule has 0 aliphatic heterocycles. The van der Waals surface area contributed by atoms with Gasteiger partial charge in [0.15, 0.2) is 0 Å². The highest BCUT2D eigenvalue weighted by molar-refractivity contribution is 7.99. The van der Waals surface area contributed by atoms with E-state index >= 15 is 0 Å². The molecule has 0 radical (unpaired) electrons. The SMILES string of the molecule is C[C@@H](c1ccc(-n2cncn2)cc1)N(C)C(=O)NCCSc1ccc(Cl)cc1. The van der Waals surface area contributed by atoms with Gasteiger partial charge in [0, 0.05) is 29.3 Å². The van der Waals surface area contributed by atoms with E-state index in [9.17, 15) is 4.79 Å². The van der Waals surface area contributed by atoms with E-state index in [0.717, 1.165) is 26.9 Å². The van der Waals surface area contributed by atoms with Crippen LogP contribution >= 0.6 is 23.4 Å². The Labute approximate surface area is 173 Å². The normalized spacial score (nSPS) is 11.8. The number of benzene rings is 2. The lowest BCUT2D eigenvalue weighted by molar-refractivity contribution is 0.195. The third-order valence-corrected chi connectivity index (χ3v) is 5.69. The van der Waals surface area contributed by atoms with Crippen LogP contribution in [0.1, 0.15) is 18.5 Å². The number of hydrogen-bond donors (Lipinski definition) is 1. The zero-order valence-corrected chi connectivity index (χ0v) is 17.3. The fourth-order valence-corrected chi connectivity index (χ4v) is 3.52. The molecule has 0 aliphatic carbocycles. The number of carbonyl (C=O) groups excluding carboxylic acids is 1. The molecular weight excluding hydrogens is 394 g/mol. The number of nitrogens with one attached hydrogen (secondary N) is 1. The molecule has 146 valence electrons. The van der Waals surface area contributed by atoms with Gasteiger partial charge in [0.1, 0.15) is 12.7 Å². The molecule has 2 amide bonds. The maximum Gasteiger partial charge on any atom is 0.317 e. The second-order valence-electron chi connectivity index (χ2n) is 6.25. The van der Waals surface area contributed by atoms with Crippen molar-refractivity contribution in [2.45, 2.75) is 17.9 Å². The fourth-order valence-electron chi connectivity index (χ4n) is 2.63. The van der Waals surface area contributed by atoms with Gasteiger partial charge < -0.3 is 10.2 Å². The van der Waals surface area contributed by atoms with E-state index in [-0.39, 0.29) is 12.1 Å². The molecule has 0 bridgehead atoms. The lowest BCUT2D eigenvalue weighted by Gasteiger charge is -2.25. The smallest absolute Gasteiger partial charge is 0.317 e. The number of amides is 2. The molecule has 0 saturated carbocycles. The van der Waals surface area contributed by atoms with Crippen molar-refractivity contribution in [3.63, 3.8) is 0 Å². The monoisotopic (exact) mass is 415 g/mol. The molecule has 1 N–H and O–H groups in total. The molecule has 0 saturated heterocycles. The molecule has 0 unspecified atom stereocenters. The second-order valence-corrected chi connectivity index (χ2v) is 7.86. The Hall–Kier alpha value is -2.51. The van der Waals surface area contributed by atoms with E-state index in [1.807, 2.05) is 55.5 Å². The van der Waals surface area contributed by atoms with Crippen molar-refractivity contribution in [2.24, 2.45) is 0 Å². The van der Waals surface area contributed by atoms with Crippen LogP contribution in [0.2, 0.25) is 5.02 Å². The Morgan fingerprint density at radius 1 is 1.21 bits per heavy atom. The highest BCUT2D eigenvalue weighted by Gasteiger charge is 2.17. The predicted molar refractivity (Wildman–Crippen MR) is 113 cm³/mol. The van der Waals surface area contributed by atoms with Gasteiger partial charge in [-0.05, 0) is 48.9 Å². The van der Waals surface area contributed by atoms with Gasteiger partial charge in [0.25, 0.3) is 0 Å². The molecular formula is C20H22ClN5OS. The summed E-state index contributed by atoms with van der Waals surface area (Å²) < 4.78 is 1.70. The summed E-state index contributed by atoms with van der Waals surface area (Å²) in [7, 11) is 1.80. The second kappa shape index (κ2) is 9.61. The first-order chi connectivity index (χ1) is 13.5. The minimum Gasteiger partial charge on any atom is -0.337 e. The quantitative estimate of drug-likeness (QED) is 0.458. The van der Waals surface area contributed by atoms with Gasteiger partial charge in [-0.2, -0.15) is 5.10 Å². The minimum atomic E-state index is -0.0930. The maximum atomic E-state index is 12.4. The number of halogens is 1. The Kier molecular flexibility index (Phi) is 6.95. The van der Waals surface area contributed by atoms with Crippen LogP contribution in [0.4, 0.5) is 4.79 Å². The van der Waals surface area contributed by atoms with E-state index in [4.69, 9.17) is 11.6 Å². The van der Waals surface area contributed by atoms with E-state index in [2.05, 4.69) is 15.4 Å². The van der Waals surface area contributed by atoms with Crippen molar-refractivity contribution in [3.05, 3.63) is 71.8 Å². The predicted octanol–water partition coefficient (Wildman–Crippen LogP) is 4.42. The van der Waals surface area contributed by atoms with E-state index in [1.54, 1.807) is 34.7 Å². The van der Waals surface area contributed by atoms with Gasteiger partial charge in [0.05, 0.1) is 11.7 Å². The first kappa shape index (κ1) is 20.2. The van der Waals surface area contributed by atoms with Crippen LogP contribution in [0.25, 0.3) is 5.69 Å². The molecule has 1 heterocycles. The lowest BCUT2D eigenvalue weighted by atomic mass is 10.1. The van der Waals surface area contributed by atoms with Crippen molar-refractivity contribution in [1.29, 1.82) is 0 Å². The lowest BCUT2D eigenvalue weighted by Crippen LogP contribution is -2.39. The molecule has 0 fully saturated rings. The van der Waals surface area contributed by atoms with Crippen molar-refractivity contribution < 1.29 is 4.79 Å². The van der Waals surface area contributed by atoms with Crippen LogP contribution in [-0.4, -0.2) is 45.0 Å². The van der Waals surface area contributed by atoms with Gasteiger partial charge >= 0.3 is 6.03 Å². The zero-order valence-electron chi connectivity index (χ0n) is 15.7. The maximum absolute atomic E-state index is 12.4. The summed E-state index contributed by atoms with van der Waals surface area (Å²) in [4.78, 5) is 19.2. The standard InChI is InChI=1S/C20H22ClN5OS/c1-15(16-3-7-18(8-4-16)26-14-22-13-24-26)25(2)20(27)23-11-12-28-19-9-5-17(21)6-10-19/h3-10,13-15H,11-12H2,1-2H3,(H,23,27)/t15-/m0/s1. The summed E-state index contributed by atoms with van der Waals surface area (Å²) in [5.41, 5.74) is 1.98. The van der Waals surface area contributed by atoms with Crippen LogP contribution < -0.4 is 5.32 Å². The molecule has 0 aliphatic rings. The fraction of sp³-hybridized carbons (Fsp3) is 0.250. The molecule has 1 aromatic heterocycles. The zero-order chi connectivity index (χ0) is 19.9. The van der Waals surface area contributed by atoms with Crippen LogP contribution in [0, 0.1) is 0 Å². The summed E-state index contributed by atoms with van der Waals surface area (Å²) in [6.45, 7) is 2.60. The van der Waals surface area contributed by atoms with Crippen LogP contribution in [-0.2, 0) is 0 Å². The van der Waals surface area contributed by atoms with Gasteiger partial charge in [-0.1, -0.05) is 23.7 Å². The number of aromatic nitrogens is 3. The molecule has 1 atom stereocenters. The summed E-state index contributed by atoms with van der Waals surface area (Å²) >= 11 is 7.57. The number of rotatable bonds is 7. The molecule has 3 aromatic rings. The van der Waals surface area contributed by atoms with E-state index < -0.39 is 0 Å². The van der Waals surface area contributed by atoms with Crippen LogP contribution in [0.15, 0.2) is 66.1 Å². The Morgan fingerprint density at radius 3 is 2.57 bits per heavy atom. The number of hydrogen-bond acceptors (Lipinski definition) is 4. The summed E-state index contributed by atoms with van der Waals surface area (Å²) in [6, 6.07) is 15.5. The van der Waals surface area contributed by atoms with Crippen molar-refractivity contribution >= 4 is 29.4 Å². The van der Waals surface area contributed by atoms with Crippen molar-refractivity contribution in [1.82, 2.24) is 25.0 Å². The van der Waals surface area contributed by atoms with Gasteiger partial charge in [0.2, 0.25) is 0 Å². The molecule has 3 rings (SSSR count). The van der Waals surface area contributed by atoms with E-state index in [0.29, 0.717) is 6.54 Å². The van der Waals surface area contributed by atoms with E-state index in [1.165, 1.54) is 6.33 Å². The first-order valence-corrected chi connectivity index (χ1v) is 10.2. The van der Waals surface area contributed by atoms with Crippen molar-refractivity contribution in [3.8, 4) is 5.69 Å². The van der Waals surface area contributed by atoms with Gasteiger partial charge in [-0.25, -0.2) is 14.5 Å². The number of nitrogens with zero attached hydrogens (tertiary/aromatic N) is 4. The van der Waals surface area contributed by atoms with Gasteiger partial charge in [-0.3, -0.25) is 0 Å². The first-order valence-electron chi connectivity index (χ1n) is 8.88. The number of carbonyl (C=O) groups is 1. The Bertz CT molecular complexity index is 884. The molecule has 2 aromatic carbocycles. The summed E-state index contributed by atoms with van der Waals surface area (Å²) in [6.07, 6.45) is 3.15. The van der Waals surface area contributed by atoms with Gasteiger partial charge in [-0.15, -0.1) is 11.8 Å². The topological polar surface area (TPSA) is 63.1 Å². The molecule has 8 heteroatoms. The summed E-state index contributed by atoms with van der Waals surface area (Å²) in [5.74, 6) is 0.794. The Morgan fingerprint density at radius 2 is 1.93 bits per heavy atom. The third kappa shape index (κ3) is 5.27. The largest absolute Gasteiger partial charge is 0.337 e.